The zero-order valence-corrected chi connectivity index (χ0v) is 21.4. The van der Waals surface area contributed by atoms with E-state index in [2.05, 4.69) is 59.3 Å². The van der Waals surface area contributed by atoms with Crippen molar-refractivity contribution in [3.63, 3.8) is 0 Å². The van der Waals surface area contributed by atoms with E-state index in [1.54, 1.807) is 0 Å². The highest BCUT2D eigenvalue weighted by molar-refractivity contribution is 5.56. The van der Waals surface area contributed by atoms with Gasteiger partial charge in [0.05, 0.1) is 12.8 Å². The molecule has 0 radical (unpaired) electrons. The van der Waals surface area contributed by atoms with Gasteiger partial charge in [-0.15, -0.1) is 0 Å². The van der Waals surface area contributed by atoms with Crippen LogP contribution in [-0.2, 0) is 6.54 Å². The molecule has 0 atom stereocenters. The molecule has 2 aliphatic rings. The lowest BCUT2D eigenvalue weighted by Crippen LogP contribution is -2.38. The minimum atomic E-state index is 0.338. The molecule has 0 spiro atoms. The molecule has 2 aliphatic heterocycles. The van der Waals surface area contributed by atoms with Crippen molar-refractivity contribution in [1.29, 1.82) is 0 Å². The molecule has 8 heteroatoms. The van der Waals surface area contributed by atoms with Crippen LogP contribution in [0.1, 0.15) is 63.0 Å². The third kappa shape index (κ3) is 5.53. The Balaban J connectivity index is 1.52. The number of para-hydroxylation sites is 1. The van der Waals surface area contributed by atoms with Gasteiger partial charge in [0.2, 0.25) is 11.9 Å². The molecule has 2 bridgehead atoms. The van der Waals surface area contributed by atoms with Crippen LogP contribution in [0.15, 0.2) is 30.5 Å². The summed E-state index contributed by atoms with van der Waals surface area (Å²) >= 11 is 0. The van der Waals surface area contributed by atoms with Crippen LogP contribution in [0, 0.1) is 5.92 Å². The number of benzene rings is 1. The zero-order valence-electron chi connectivity index (χ0n) is 21.4. The Labute approximate surface area is 208 Å². The molecule has 2 aromatic heterocycles. The van der Waals surface area contributed by atoms with Crippen molar-refractivity contribution >= 4 is 17.5 Å². The number of nitrogens with one attached hydrogen (secondary N) is 1. The van der Waals surface area contributed by atoms with Crippen LogP contribution >= 0.6 is 0 Å². The predicted octanol–water partition coefficient (Wildman–Crippen LogP) is 4.57. The van der Waals surface area contributed by atoms with Crippen LogP contribution in [0.25, 0.3) is 5.65 Å². The lowest BCUT2D eigenvalue weighted by Gasteiger charge is -2.33. The number of rotatable bonds is 3. The Morgan fingerprint density at radius 2 is 1.89 bits per heavy atom. The van der Waals surface area contributed by atoms with Crippen LogP contribution in [0.3, 0.4) is 0 Å². The summed E-state index contributed by atoms with van der Waals surface area (Å²) in [5.41, 5.74) is 3.18. The van der Waals surface area contributed by atoms with Gasteiger partial charge in [0.15, 0.2) is 5.65 Å². The standard InChI is InChI=1S/C27H39N7O/c1-20(2)23-18-29-34-25(23)30-27-31-26(34)28-17-22-9-5-6-10-24(22)35-16-8-4-7-13-33(27)19-21-11-14-32(3)15-12-21/h5-6,9-10,18,20-21H,4,7-8,11-17,19H2,1-3H3,(H,28,30,31). The molecule has 188 valence electrons. The van der Waals surface area contributed by atoms with Gasteiger partial charge in [-0.3, -0.25) is 0 Å². The first-order valence-electron chi connectivity index (χ1n) is 13.2. The van der Waals surface area contributed by atoms with Crippen LogP contribution in [0.4, 0.5) is 11.9 Å². The summed E-state index contributed by atoms with van der Waals surface area (Å²) < 4.78 is 8.02. The summed E-state index contributed by atoms with van der Waals surface area (Å²) in [7, 11) is 2.22. The van der Waals surface area contributed by atoms with E-state index in [0.29, 0.717) is 18.4 Å². The number of nitrogens with zero attached hydrogens (tertiary/aromatic N) is 6. The highest BCUT2D eigenvalue weighted by Gasteiger charge is 2.23. The Morgan fingerprint density at radius 1 is 1.06 bits per heavy atom. The Hall–Kier alpha value is -2.87. The van der Waals surface area contributed by atoms with E-state index in [9.17, 15) is 0 Å². The molecular formula is C27H39N7O. The second-order valence-electron chi connectivity index (χ2n) is 10.4. The van der Waals surface area contributed by atoms with E-state index in [1.165, 1.54) is 25.9 Å². The van der Waals surface area contributed by atoms with Crippen molar-refractivity contribution in [1.82, 2.24) is 24.5 Å². The third-order valence-electron chi connectivity index (χ3n) is 7.34. The third-order valence-corrected chi connectivity index (χ3v) is 7.34. The Kier molecular flexibility index (Phi) is 7.37. The largest absolute Gasteiger partial charge is 0.493 e. The second kappa shape index (κ2) is 10.8. The van der Waals surface area contributed by atoms with Crippen molar-refractivity contribution < 1.29 is 4.74 Å². The monoisotopic (exact) mass is 477 g/mol. The van der Waals surface area contributed by atoms with Gasteiger partial charge in [0.25, 0.3) is 0 Å². The summed E-state index contributed by atoms with van der Waals surface area (Å²) in [5.74, 6) is 3.51. The topological polar surface area (TPSA) is 70.8 Å². The molecular weight excluding hydrogens is 438 g/mol. The van der Waals surface area contributed by atoms with Crippen LogP contribution in [0.2, 0.25) is 0 Å². The average molecular weight is 478 g/mol. The maximum atomic E-state index is 6.16. The molecule has 4 heterocycles. The highest BCUT2D eigenvalue weighted by atomic mass is 16.5. The first kappa shape index (κ1) is 23.9. The number of hydrogen-bond acceptors (Lipinski definition) is 7. The number of aromatic nitrogens is 4. The minimum Gasteiger partial charge on any atom is -0.493 e. The number of likely N-dealkylation sites (tertiary alicyclic amines) is 1. The SMILES string of the molecule is CC(C)c1cnn2c3nc(nc12)N(CC1CCN(C)CC1)CCCCCOc1ccccc1CN3. The Morgan fingerprint density at radius 3 is 2.71 bits per heavy atom. The van der Waals surface area contributed by atoms with Gasteiger partial charge < -0.3 is 19.9 Å². The van der Waals surface area contributed by atoms with E-state index >= 15 is 0 Å². The van der Waals surface area contributed by atoms with Crippen molar-refractivity contribution in [3.8, 4) is 5.75 Å². The molecule has 1 fully saturated rings. The van der Waals surface area contributed by atoms with Crippen LogP contribution in [0.5, 0.6) is 5.75 Å². The number of piperidine rings is 1. The first-order valence-corrected chi connectivity index (χ1v) is 13.2. The summed E-state index contributed by atoms with van der Waals surface area (Å²) in [4.78, 5) is 15.0. The van der Waals surface area contributed by atoms with E-state index in [0.717, 1.165) is 73.4 Å². The van der Waals surface area contributed by atoms with Crippen molar-refractivity contribution in [3.05, 3.63) is 41.6 Å². The number of fused-ring (bicyclic) bond motifs is 5. The fourth-order valence-corrected chi connectivity index (χ4v) is 5.10. The van der Waals surface area contributed by atoms with Gasteiger partial charge in [-0.05, 0) is 70.1 Å². The second-order valence-corrected chi connectivity index (χ2v) is 10.4. The van der Waals surface area contributed by atoms with Crippen molar-refractivity contribution in [2.24, 2.45) is 5.92 Å². The molecule has 0 unspecified atom stereocenters. The van der Waals surface area contributed by atoms with Gasteiger partial charge in [-0.1, -0.05) is 32.0 Å². The molecule has 1 aromatic carbocycles. The van der Waals surface area contributed by atoms with Gasteiger partial charge in [0.1, 0.15) is 5.75 Å². The van der Waals surface area contributed by atoms with Crippen molar-refractivity contribution in [2.75, 3.05) is 50.1 Å². The van der Waals surface area contributed by atoms with Crippen LogP contribution < -0.4 is 15.0 Å². The molecule has 8 nitrogen and oxygen atoms in total. The fourth-order valence-electron chi connectivity index (χ4n) is 5.10. The number of ether oxygens (including phenoxy) is 1. The summed E-state index contributed by atoms with van der Waals surface area (Å²) in [6.07, 6.45) is 7.68. The molecule has 0 aliphatic carbocycles. The molecule has 5 rings (SSSR count). The predicted molar refractivity (Wildman–Crippen MR) is 140 cm³/mol. The highest BCUT2D eigenvalue weighted by Crippen LogP contribution is 2.27. The minimum absolute atomic E-state index is 0.338. The van der Waals surface area contributed by atoms with E-state index in [-0.39, 0.29) is 0 Å². The van der Waals surface area contributed by atoms with E-state index in [1.807, 2.05) is 16.8 Å². The smallest absolute Gasteiger partial charge is 0.230 e. The normalized spacial score (nSPS) is 18.7. The van der Waals surface area contributed by atoms with Gasteiger partial charge in [-0.25, -0.2) is 0 Å². The Bertz CT molecular complexity index is 1120. The van der Waals surface area contributed by atoms with Crippen molar-refractivity contribution in [2.45, 2.75) is 58.4 Å². The molecule has 0 amide bonds. The molecule has 0 saturated carbocycles. The fraction of sp³-hybridized carbons (Fsp3) is 0.593. The number of hydrogen-bond donors (Lipinski definition) is 1. The quantitative estimate of drug-likeness (QED) is 0.592. The van der Waals surface area contributed by atoms with Gasteiger partial charge >= 0.3 is 0 Å². The maximum absolute atomic E-state index is 6.16. The van der Waals surface area contributed by atoms with E-state index < -0.39 is 0 Å². The van der Waals surface area contributed by atoms with E-state index in [4.69, 9.17) is 14.7 Å². The lowest BCUT2D eigenvalue weighted by atomic mass is 9.96. The lowest BCUT2D eigenvalue weighted by molar-refractivity contribution is 0.221. The van der Waals surface area contributed by atoms with Gasteiger partial charge in [0, 0.05) is 30.8 Å². The van der Waals surface area contributed by atoms with Gasteiger partial charge in [-0.2, -0.15) is 19.6 Å². The zero-order chi connectivity index (χ0) is 24.2. The first-order chi connectivity index (χ1) is 17.1. The summed E-state index contributed by atoms with van der Waals surface area (Å²) in [6, 6.07) is 8.26. The summed E-state index contributed by atoms with van der Waals surface area (Å²) in [6.45, 7) is 10.1. The maximum Gasteiger partial charge on any atom is 0.230 e. The summed E-state index contributed by atoms with van der Waals surface area (Å²) in [5, 5.41) is 8.22. The molecule has 1 saturated heterocycles. The number of anilines is 2. The molecule has 3 aromatic rings. The van der Waals surface area contributed by atoms with Crippen LogP contribution in [-0.4, -0.2) is 64.3 Å². The molecule has 1 N–H and O–H groups in total. The molecule has 35 heavy (non-hydrogen) atoms. The average Bonchev–Trinajstić information content (AvgIpc) is 3.30.